The molecule has 0 aliphatic rings. The summed E-state index contributed by atoms with van der Waals surface area (Å²) in [5.41, 5.74) is 0.350. The maximum absolute atomic E-state index is 10.8. The summed E-state index contributed by atoms with van der Waals surface area (Å²) in [6.07, 6.45) is -0.975. The number of hydrogen-bond donors (Lipinski definition) is 2. The summed E-state index contributed by atoms with van der Waals surface area (Å²) in [6, 6.07) is 2.58. The summed E-state index contributed by atoms with van der Waals surface area (Å²) in [4.78, 5) is 10.2. The van der Waals surface area contributed by atoms with Gasteiger partial charge in [0.1, 0.15) is 5.75 Å². The van der Waals surface area contributed by atoms with Gasteiger partial charge in [-0.15, -0.1) is 0 Å². The van der Waals surface area contributed by atoms with Gasteiger partial charge in [-0.3, -0.25) is 10.1 Å². The monoisotopic (exact) mass is 227 g/mol. The van der Waals surface area contributed by atoms with E-state index in [0.717, 1.165) is 0 Å². The van der Waals surface area contributed by atoms with Gasteiger partial charge in [0.15, 0.2) is 0 Å². The molecule has 0 saturated carbocycles. The van der Waals surface area contributed by atoms with Crippen molar-refractivity contribution < 1.29 is 19.9 Å². The zero-order valence-electron chi connectivity index (χ0n) is 9.01. The van der Waals surface area contributed by atoms with Crippen LogP contribution >= 0.6 is 0 Å². The van der Waals surface area contributed by atoms with Crippen LogP contribution in [-0.2, 0) is 6.61 Å². The molecule has 0 heterocycles. The zero-order chi connectivity index (χ0) is 12.3. The molecule has 6 heteroatoms. The van der Waals surface area contributed by atoms with E-state index < -0.39 is 11.0 Å². The maximum atomic E-state index is 10.8. The summed E-state index contributed by atoms with van der Waals surface area (Å²) in [5, 5.41) is 29.2. The highest BCUT2D eigenvalue weighted by molar-refractivity contribution is 5.51. The van der Waals surface area contributed by atoms with Crippen molar-refractivity contribution in [3.05, 3.63) is 33.4 Å². The van der Waals surface area contributed by atoms with Gasteiger partial charge < -0.3 is 14.9 Å². The molecule has 88 valence electrons. The minimum absolute atomic E-state index is 0.162. The van der Waals surface area contributed by atoms with Crippen LogP contribution in [0.25, 0.3) is 0 Å². The Bertz CT molecular complexity index is 402. The van der Waals surface area contributed by atoms with Gasteiger partial charge in [0, 0.05) is 5.56 Å². The van der Waals surface area contributed by atoms with Crippen molar-refractivity contribution >= 4 is 5.69 Å². The first-order valence-corrected chi connectivity index (χ1v) is 4.65. The van der Waals surface area contributed by atoms with Crippen molar-refractivity contribution in [2.24, 2.45) is 0 Å². The molecule has 0 aliphatic carbocycles. The largest absolute Gasteiger partial charge is 0.496 e. The van der Waals surface area contributed by atoms with Gasteiger partial charge in [0.2, 0.25) is 0 Å². The van der Waals surface area contributed by atoms with E-state index >= 15 is 0 Å². The first-order valence-electron chi connectivity index (χ1n) is 4.65. The molecule has 1 atom stereocenters. The molecule has 0 saturated heterocycles. The van der Waals surface area contributed by atoms with Gasteiger partial charge >= 0.3 is 0 Å². The van der Waals surface area contributed by atoms with E-state index in [1.54, 1.807) is 0 Å². The number of nitro groups is 1. The lowest BCUT2D eigenvalue weighted by atomic mass is 10.0. The first-order chi connectivity index (χ1) is 7.51. The van der Waals surface area contributed by atoms with Crippen LogP contribution in [0.5, 0.6) is 5.75 Å². The van der Waals surface area contributed by atoms with Crippen molar-refractivity contribution in [1.82, 2.24) is 0 Å². The number of hydrogen-bond acceptors (Lipinski definition) is 5. The number of nitrogens with zero attached hydrogens (tertiary/aromatic N) is 1. The molecule has 1 aromatic carbocycles. The third kappa shape index (κ3) is 2.29. The molecule has 0 fully saturated rings. The van der Waals surface area contributed by atoms with Crippen molar-refractivity contribution in [1.29, 1.82) is 0 Å². The molecule has 0 amide bonds. The van der Waals surface area contributed by atoms with Gasteiger partial charge in [0.05, 0.1) is 36.4 Å². The second-order valence-electron chi connectivity index (χ2n) is 3.31. The molecular weight excluding hydrogens is 214 g/mol. The van der Waals surface area contributed by atoms with Crippen LogP contribution in [0, 0.1) is 10.1 Å². The van der Waals surface area contributed by atoms with Crippen LogP contribution in [0.15, 0.2) is 12.1 Å². The highest BCUT2D eigenvalue weighted by atomic mass is 16.6. The van der Waals surface area contributed by atoms with Gasteiger partial charge in [0.25, 0.3) is 5.69 Å². The normalized spacial score (nSPS) is 12.2. The van der Waals surface area contributed by atoms with Gasteiger partial charge in [-0.25, -0.2) is 0 Å². The van der Waals surface area contributed by atoms with E-state index in [4.69, 9.17) is 9.84 Å². The molecule has 1 rings (SSSR count). The van der Waals surface area contributed by atoms with E-state index in [1.807, 2.05) is 0 Å². The molecule has 0 aromatic heterocycles. The number of aliphatic hydroxyl groups is 2. The van der Waals surface area contributed by atoms with Crippen molar-refractivity contribution in [2.75, 3.05) is 7.11 Å². The molecular formula is C10H13NO5. The topological polar surface area (TPSA) is 92.8 Å². The second kappa shape index (κ2) is 4.91. The molecule has 0 aliphatic heterocycles. The molecule has 16 heavy (non-hydrogen) atoms. The van der Waals surface area contributed by atoms with Crippen molar-refractivity contribution in [3.8, 4) is 5.75 Å². The Morgan fingerprint density at radius 1 is 1.56 bits per heavy atom. The fraction of sp³-hybridized carbons (Fsp3) is 0.400. The fourth-order valence-corrected chi connectivity index (χ4v) is 1.44. The quantitative estimate of drug-likeness (QED) is 0.594. The lowest BCUT2D eigenvalue weighted by molar-refractivity contribution is -0.386. The Hall–Kier alpha value is -1.66. The molecule has 1 unspecified atom stereocenters. The lowest BCUT2D eigenvalue weighted by Crippen LogP contribution is -2.03. The van der Waals surface area contributed by atoms with Gasteiger partial charge in [-0.05, 0) is 13.0 Å². The molecule has 2 N–H and O–H groups in total. The third-order valence-corrected chi connectivity index (χ3v) is 2.25. The minimum atomic E-state index is -0.975. The average molecular weight is 227 g/mol. The number of methoxy groups -OCH3 is 1. The van der Waals surface area contributed by atoms with E-state index in [1.165, 1.54) is 26.2 Å². The van der Waals surface area contributed by atoms with E-state index in [2.05, 4.69) is 0 Å². The summed E-state index contributed by atoms with van der Waals surface area (Å²) < 4.78 is 4.92. The average Bonchev–Trinajstić information content (AvgIpc) is 2.26. The second-order valence-corrected chi connectivity index (χ2v) is 3.31. The smallest absolute Gasteiger partial charge is 0.278 e. The van der Waals surface area contributed by atoms with Crippen molar-refractivity contribution in [3.63, 3.8) is 0 Å². The van der Waals surface area contributed by atoms with Gasteiger partial charge in [-0.2, -0.15) is 0 Å². The summed E-state index contributed by atoms with van der Waals surface area (Å²) >= 11 is 0. The van der Waals surface area contributed by atoms with Crippen LogP contribution in [0.4, 0.5) is 5.69 Å². The highest BCUT2D eigenvalue weighted by Crippen LogP contribution is 2.32. The third-order valence-electron chi connectivity index (χ3n) is 2.25. The Kier molecular flexibility index (Phi) is 3.81. The van der Waals surface area contributed by atoms with Gasteiger partial charge in [-0.1, -0.05) is 0 Å². The predicted molar refractivity (Wildman–Crippen MR) is 56.2 cm³/mol. The Morgan fingerprint density at radius 3 is 2.56 bits per heavy atom. The summed E-state index contributed by atoms with van der Waals surface area (Å²) in [6.45, 7) is 1.12. The summed E-state index contributed by atoms with van der Waals surface area (Å²) in [5.74, 6) is 0.235. The van der Waals surface area contributed by atoms with E-state index in [0.29, 0.717) is 5.56 Å². The number of benzene rings is 1. The number of aliphatic hydroxyl groups excluding tert-OH is 2. The van der Waals surface area contributed by atoms with Crippen LogP contribution in [-0.4, -0.2) is 22.2 Å². The Labute approximate surface area is 92.2 Å². The maximum Gasteiger partial charge on any atom is 0.278 e. The lowest BCUT2D eigenvalue weighted by Gasteiger charge is -2.11. The standard InChI is InChI=1S/C10H13NO5/c1-6(13)8-3-7(5-12)10(16-2)4-9(8)11(14)15/h3-4,6,12-13H,5H2,1-2H3. The number of rotatable bonds is 4. The van der Waals surface area contributed by atoms with Crippen LogP contribution in [0.3, 0.4) is 0 Å². The zero-order valence-corrected chi connectivity index (χ0v) is 9.01. The molecule has 6 nitrogen and oxygen atoms in total. The Morgan fingerprint density at radius 2 is 2.19 bits per heavy atom. The molecule has 0 bridgehead atoms. The Balaban J connectivity index is 3.41. The minimum Gasteiger partial charge on any atom is -0.496 e. The van der Waals surface area contributed by atoms with Crippen LogP contribution in [0.1, 0.15) is 24.2 Å². The first kappa shape index (κ1) is 12.4. The van der Waals surface area contributed by atoms with Crippen molar-refractivity contribution in [2.45, 2.75) is 19.6 Å². The molecule has 1 aromatic rings. The van der Waals surface area contributed by atoms with Crippen LogP contribution in [0.2, 0.25) is 0 Å². The summed E-state index contributed by atoms with van der Waals surface area (Å²) in [7, 11) is 1.36. The number of nitro benzene ring substituents is 1. The predicted octanol–water partition coefficient (Wildman–Crippen LogP) is 1.15. The van der Waals surface area contributed by atoms with Crippen LogP contribution < -0.4 is 4.74 Å². The van der Waals surface area contributed by atoms with E-state index in [9.17, 15) is 15.2 Å². The molecule has 0 spiro atoms. The fourth-order valence-electron chi connectivity index (χ4n) is 1.44. The molecule has 0 radical (unpaired) electrons. The SMILES string of the molecule is COc1cc([N+](=O)[O-])c(C(C)O)cc1CO. The highest BCUT2D eigenvalue weighted by Gasteiger charge is 2.21. The van der Waals surface area contributed by atoms with E-state index in [-0.39, 0.29) is 23.6 Å². The number of ether oxygens (including phenoxy) is 1.